The number of halogens is 6. The Kier molecular flexibility index (Phi) is 4.28. The van der Waals surface area contributed by atoms with Gasteiger partial charge in [-0.3, -0.25) is 0 Å². The number of hydrogen-bond acceptors (Lipinski definition) is 0. The second-order valence-corrected chi connectivity index (χ2v) is 17.2. The third-order valence-corrected chi connectivity index (χ3v) is 13.1. The molecule has 0 aromatic heterocycles. The van der Waals surface area contributed by atoms with Crippen molar-refractivity contribution in [1.29, 1.82) is 0 Å². The van der Waals surface area contributed by atoms with Gasteiger partial charge in [-0.1, -0.05) is 0 Å². The van der Waals surface area contributed by atoms with Crippen LogP contribution >= 0.6 is 0 Å². The summed E-state index contributed by atoms with van der Waals surface area (Å²) in [4.78, 5) is 2.74. The van der Waals surface area contributed by atoms with Crippen LogP contribution in [-0.4, -0.2) is 18.4 Å². The van der Waals surface area contributed by atoms with Crippen molar-refractivity contribution < 1.29 is 26.3 Å². The molecule has 2 aromatic rings. The average Bonchev–Trinajstić information content (AvgIpc) is 2.23. The minimum atomic E-state index is -4.39. The van der Waals surface area contributed by atoms with E-state index in [1.807, 2.05) is 0 Å². The topological polar surface area (TPSA) is 0 Å². The molecule has 0 fully saturated rings. The van der Waals surface area contributed by atoms with Gasteiger partial charge in [0.25, 0.3) is 0 Å². The Morgan fingerprint density at radius 2 is 0.810 bits per heavy atom. The van der Waals surface area contributed by atoms with Gasteiger partial charge in [0.2, 0.25) is 0 Å². The summed E-state index contributed by atoms with van der Waals surface area (Å²) in [6, 6.07) is 1.87. The summed E-state index contributed by atoms with van der Waals surface area (Å²) in [5.74, 6) is -6.97. The Hall–Kier alpha value is -1.18. The molecule has 21 heavy (non-hydrogen) atoms. The molecule has 0 aliphatic carbocycles. The summed E-state index contributed by atoms with van der Waals surface area (Å²) in [5, 5.41) is 0. The number of hydrogen-bond donors (Lipinski definition) is 0. The number of rotatable bonds is 2. The number of benzene rings is 2. The quantitative estimate of drug-likeness (QED) is 0.526. The predicted molar refractivity (Wildman–Crippen MR) is 69.4 cm³/mol. The van der Waals surface area contributed by atoms with Crippen LogP contribution in [-0.2, 0) is 0 Å². The van der Waals surface area contributed by atoms with Gasteiger partial charge in [0.1, 0.15) is 0 Å². The fourth-order valence-electron chi connectivity index (χ4n) is 2.40. The van der Waals surface area contributed by atoms with E-state index in [2.05, 4.69) is 0 Å². The van der Waals surface area contributed by atoms with Gasteiger partial charge < -0.3 is 0 Å². The van der Waals surface area contributed by atoms with E-state index in [4.69, 9.17) is 0 Å². The first-order valence-corrected chi connectivity index (χ1v) is 14.5. The third-order valence-electron chi connectivity index (χ3n) is 3.26. The van der Waals surface area contributed by atoms with E-state index in [1.54, 1.807) is 0 Å². The van der Waals surface area contributed by atoms with Crippen molar-refractivity contribution in [2.75, 3.05) is 0 Å². The van der Waals surface area contributed by atoms with Gasteiger partial charge in [0, 0.05) is 0 Å². The van der Waals surface area contributed by atoms with Crippen LogP contribution in [0.1, 0.15) is 0 Å². The van der Waals surface area contributed by atoms with Crippen molar-refractivity contribution >= 4 is 25.5 Å². The molecule has 0 radical (unpaired) electrons. The molecule has 0 N–H and O–H groups in total. The van der Waals surface area contributed by atoms with Crippen LogP contribution in [0, 0.1) is 34.9 Å². The zero-order chi connectivity index (χ0) is 15.9. The summed E-state index contributed by atoms with van der Waals surface area (Å²) in [6.07, 6.45) is 0. The van der Waals surface area contributed by atoms with Crippen LogP contribution in [0.25, 0.3) is 0 Å². The summed E-state index contributed by atoms with van der Waals surface area (Å²) in [7, 11) is 0. The van der Waals surface area contributed by atoms with Gasteiger partial charge in [-0.25, -0.2) is 0 Å². The van der Waals surface area contributed by atoms with E-state index in [0.29, 0.717) is 24.3 Å². The standard InChI is InChI=1S/2C6H2F3.2CH3.Sn/c2*7-4-1-5(8)3-6(9)2-4;;;/h2*1-2H;2*1H3;. The molecule has 0 aliphatic heterocycles. The molecular weight excluding hydrogens is 401 g/mol. The summed E-state index contributed by atoms with van der Waals surface area (Å²) in [6.45, 7) is 0. The van der Waals surface area contributed by atoms with Crippen molar-refractivity contribution in [2.45, 2.75) is 9.88 Å². The SMILES string of the molecule is [CH3][Sn]([CH3])([c]1c(F)cc(F)cc1F)[c]1c(F)cc(F)cc1F. The molecule has 0 saturated heterocycles. The van der Waals surface area contributed by atoms with Crippen LogP contribution < -0.4 is 7.16 Å². The summed E-state index contributed by atoms with van der Waals surface area (Å²) < 4.78 is 80.5. The maximum absolute atomic E-state index is 13.9. The second kappa shape index (κ2) is 5.55. The molecule has 0 heterocycles. The molecule has 0 aliphatic rings. The predicted octanol–water partition coefficient (Wildman–Crippen LogP) is 3.34. The van der Waals surface area contributed by atoms with Crippen LogP contribution in [0.5, 0.6) is 0 Å². The van der Waals surface area contributed by atoms with Gasteiger partial charge in [-0.15, -0.1) is 0 Å². The average molecular weight is 411 g/mol. The van der Waals surface area contributed by atoms with E-state index in [-0.39, 0.29) is 0 Å². The molecule has 0 unspecified atom stereocenters. The molecule has 112 valence electrons. The van der Waals surface area contributed by atoms with Crippen molar-refractivity contribution in [3.63, 3.8) is 0 Å². The van der Waals surface area contributed by atoms with Gasteiger partial charge in [-0.2, -0.15) is 0 Å². The molecule has 2 aromatic carbocycles. The van der Waals surface area contributed by atoms with E-state index >= 15 is 0 Å². The second-order valence-electron chi connectivity index (χ2n) is 5.11. The normalized spacial score (nSPS) is 11.8. The first-order chi connectivity index (χ1) is 9.64. The van der Waals surface area contributed by atoms with Crippen LogP contribution in [0.4, 0.5) is 26.3 Å². The van der Waals surface area contributed by atoms with Crippen molar-refractivity contribution in [1.82, 2.24) is 0 Å². The molecule has 0 bridgehead atoms. The zero-order valence-electron chi connectivity index (χ0n) is 11.1. The monoisotopic (exact) mass is 412 g/mol. The summed E-state index contributed by atoms with van der Waals surface area (Å²) in [5.41, 5.74) is 0. The van der Waals surface area contributed by atoms with Gasteiger partial charge >= 0.3 is 121 Å². The Labute approximate surface area is 121 Å². The third kappa shape index (κ3) is 2.90. The van der Waals surface area contributed by atoms with Crippen molar-refractivity contribution in [3.8, 4) is 0 Å². The fourth-order valence-corrected chi connectivity index (χ4v) is 10.8. The van der Waals surface area contributed by atoms with E-state index in [0.717, 1.165) is 0 Å². The Morgan fingerprint density at radius 1 is 0.571 bits per heavy atom. The van der Waals surface area contributed by atoms with Gasteiger partial charge in [0.15, 0.2) is 0 Å². The van der Waals surface area contributed by atoms with E-state index in [9.17, 15) is 26.3 Å². The first-order valence-electron chi connectivity index (χ1n) is 5.94. The Morgan fingerprint density at radius 3 is 1.05 bits per heavy atom. The fraction of sp³-hybridized carbons (Fsp3) is 0.143. The molecule has 7 heteroatoms. The van der Waals surface area contributed by atoms with Crippen LogP contribution in [0.15, 0.2) is 24.3 Å². The minimum absolute atomic E-state index is 0.469. The van der Waals surface area contributed by atoms with Crippen molar-refractivity contribution in [2.24, 2.45) is 0 Å². The maximum atomic E-state index is 13.9. The molecule has 0 amide bonds. The first kappa shape index (κ1) is 16.2. The van der Waals surface area contributed by atoms with E-state index in [1.165, 1.54) is 9.88 Å². The molecule has 0 spiro atoms. The molecular formula is C14H10F6Sn. The zero-order valence-corrected chi connectivity index (χ0v) is 13.9. The van der Waals surface area contributed by atoms with Gasteiger partial charge in [0.05, 0.1) is 0 Å². The van der Waals surface area contributed by atoms with Crippen LogP contribution in [0.2, 0.25) is 9.88 Å². The molecule has 0 saturated carbocycles. The summed E-state index contributed by atoms with van der Waals surface area (Å²) >= 11 is -4.39. The Balaban J connectivity index is 2.74. The van der Waals surface area contributed by atoms with E-state index < -0.39 is 60.4 Å². The molecule has 0 atom stereocenters. The molecule has 2 rings (SSSR count). The van der Waals surface area contributed by atoms with Gasteiger partial charge in [-0.05, 0) is 0 Å². The molecule has 0 nitrogen and oxygen atoms in total. The Bertz CT molecular complexity index is 605. The van der Waals surface area contributed by atoms with Crippen LogP contribution in [0.3, 0.4) is 0 Å². The van der Waals surface area contributed by atoms with Crippen molar-refractivity contribution in [3.05, 3.63) is 59.2 Å².